The third-order valence-corrected chi connectivity index (χ3v) is 5.49. The number of sulfonamides is 1. The van der Waals surface area contributed by atoms with Crippen molar-refractivity contribution in [1.29, 1.82) is 0 Å². The highest BCUT2D eigenvalue weighted by Crippen LogP contribution is 2.31. The molecule has 2 N–H and O–H groups in total. The average molecular weight is 276 g/mol. The molecule has 0 unspecified atom stereocenters. The number of aliphatic carboxylic acids is 1. The third-order valence-electron chi connectivity index (χ3n) is 2.70. The molecular weight excluding hydrogens is 264 g/mol. The van der Waals surface area contributed by atoms with Crippen LogP contribution in [0.4, 0.5) is 0 Å². The van der Waals surface area contributed by atoms with E-state index in [0.717, 1.165) is 11.3 Å². The van der Waals surface area contributed by atoms with Gasteiger partial charge >= 0.3 is 5.97 Å². The summed E-state index contributed by atoms with van der Waals surface area (Å²) < 4.78 is 26.3. The molecule has 1 aromatic heterocycles. The van der Waals surface area contributed by atoms with Gasteiger partial charge in [0.2, 0.25) is 0 Å². The minimum atomic E-state index is -3.47. The van der Waals surface area contributed by atoms with E-state index in [2.05, 4.69) is 9.71 Å². The number of hydrogen-bond acceptors (Lipinski definition) is 5. The van der Waals surface area contributed by atoms with Crippen LogP contribution in [0.5, 0.6) is 0 Å². The van der Waals surface area contributed by atoms with E-state index >= 15 is 0 Å². The fraction of sp³-hybridized carbons (Fsp3) is 0.556. The molecule has 0 amide bonds. The summed E-state index contributed by atoms with van der Waals surface area (Å²) in [6.45, 7) is 0. The SMILES string of the molecule is O=C(O)CC1CC(NS(=O)(=O)c2cncs2)C1. The van der Waals surface area contributed by atoms with Crippen molar-refractivity contribution in [1.82, 2.24) is 9.71 Å². The number of rotatable bonds is 5. The van der Waals surface area contributed by atoms with Crippen molar-refractivity contribution < 1.29 is 18.3 Å². The first-order valence-electron chi connectivity index (χ1n) is 5.10. The Balaban J connectivity index is 1.86. The predicted octanol–water partition coefficient (Wildman–Crippen LogP) is 0.675. The number of carboxylic acid groups (broad SMARTS) is 1. The van der Waals surface area contributed by atoms with Gasteiger partial charge in [-0.1, -0.05) is 0 Å². The summed E-state index contributed by atoms with van der Waals surface area (Å²) in [7, 11) is -3.47. The molecule has 1 heterocycles. The van der Waals surface area contributed by atoms with Gasteiger partial charge in [0, 0.05) is 12.5 Å². The Hall–Kier alpha value is -0.990. The van der Waals surface area contributed by atoms with Gasteiger partial charge < -0.3 is 5.11 Å². The summed E-state index contributed by atoms with van der Waals surface area (Å²) in [6, 6.07) is -0.147. The summed E-state index contributed by atoms with van der Waals surface area (Å²) in [5.74, 6) is -0.750. The lowest BCUT2D eigenvalue weighted by molar-refractivity contribution is -0.138. The molecule has 1 aliphatic rings. The second-order valence-corrected chi connectivity index (χ2v) is 6.90. The number of carboxylic acids is 1. The van der Waals surface area contributed by atoms with E-state index in [1.54, 1.807) is 0 Å². The molecule has 0 aliphatic heterocycles. The normalized spacial score (nSPS) is 24.2. The van der Waals surface area contributed by atoms with Crippen molar-refractivity contribution in [3.8, 4) is 0 Å². The van der Waals surface area contributed by atoms with Gasteiger partial charge in [0.15, 0.2) is 4.21 Å². The maximum atomic E-state index is 11.8. The first kappa shape index (κ1) is 12.5. The van der Waals surface area contributed by atoms with E-state index in [1.165, 1.54) is 11.7 Å². The van der Waals surface area contributed by atoms with Gasteiger partial charge in [-0.25, -0.2) is 13.1 Å². The number of aromatic nitrogens is 1. The van der Waals surface area contributed by atoms with Crippen LogP contribution >= 0.6 is 11.3 Å². The van der Waals surface area contributed by atoms with E-state index < -0.39 is 16.0 Å². The molecule has 17 heavy (non-hydrogen) atoms. The standard InChI is InChI=1S/C9H12N2O4S2/c12-8(13)3-6-1-7(2-6)11-17(14,15)9-4-10-5-16-9/h4-7,11H,1-3H2,(H,12,13). The Morgan fingerprint density at radius 3 is 2.82 bits per heavy atom. The summed E-state index contributed by atoms with van der Waals surface area (Å²) in [5.41, 5.74) is 1.46. The van der Waals surface area contributed by atoms with Crippen molar-refractivity contribution in [2.75, 3.05) is 0 Å². The van der Waals surface area contributed by atoms with Crippen LogP contribution in [0.3, 0.4) is 0 Å². The lowest BCUT2D eigenvalue weighted by Gasteiger charge is -2.34. The molecule has 94 valence electrons. The van der Waals surface area contributed by atoms with E-state index in [0.29, 0.717) is 12.8 Å². The van der Waals surface area contributed by atoms with Gasteiger partial charge in [-0.2, -0.15) is 0 Å². The van der Waals surface area contributed by atoms with Crippen molar-refractivity contribution in [3.05, 3.63) is 11.7 Å². The fourth-order valence-electron chi connectivity index (χ4n) is 1.86. The third kappa shape index (κ3) is 3.02. The molecule has 1 aromatic rings. The van der Waals surface area contributed by atoms with Crippen molar-refractivity contribution in [3.63, 3.8) is 0 Å². The first-order valence-corrected chi connectivity index (χ1v) is 7.46. The summed E-state index contributed by atoms with van der Waals surface area (Å²) in [4.78, 5) is 14.2. The maximum absolute atomic E-state index is 11.8. The number of carbonyl (C=O) groups is 1. The van der Waals surface area contributed by atoms with Crippen LogP contribution in [-0.4, -0.2) is 30.5 Å². The molecule has 2 rings (SSSR count). The highest BCUT2D eigenvalue weighted by molar-refractivity contribution is 7.91. The second kappa shape index (κ2) is 4.71. The average Bonchev–Trinajstić information content (AvgIpc) is 2.66. The van der Waals surface area contributed by atoms with Gasteiger partial charge in [0.05, 0.1) is 11.7 Å². The van der Waals surface area contributed by atoms with Gasteiger partial charge in [0.1, 0.15) is 0 Å². The number of nitrogens with zero attached hydrogens (tertiary/aromatic N) is 1. The summed E-state index contributed by atoms with van der Waals surface area (Å²) >= 11 is 1.06. The number of thiazole rings is 1. The predicted molar refractivity (Wildman–Crippen MR) is 61.2 cm³/mol. The molecule has 1 aliphatic carbocycles. The van der Waals surface area contributed by atoms with Gasteiger partial charge in [-0.05, 0) is 18.8 Å². The van der Waals surface area contributed by atoms with Gasteiger partial charge in [-0.15, -0.1) is 11.3 Å². The Labute approximate surface area is 103 Å². The molecule has 0 spiro atoms. The van der Waals surface area contributed by atoms with Crippen molar-refractivity contribution >= 4 is 27.3 Å². The summed E-state index contributed by atoms with van der Waals surface area (Å²) in [6.07, 6.45) is 2.59. The monoisotopic (exact) mass is 276 g/mol. The zero-order valence-corrected chi connectivity index (χ0v) is 10.5. The van der Waals surface area contributed by atoms with Crippen LogP contribution in [0.1, 0.15) is 19.3 Å². The Morgan fingerprint density at radius 2 is 2.29 bits per heavy atom. The Kier molecular flexibility index (Phi) is 3.45. The topological polar surface area (TPSA) is 96.4 Å². The van der Waals surface area contributed by atoms with Gasteiger partial charge in [0.25, 0.3) is 10.0 Å². The Morgan fingerprint density at radius 1 is 1.59 bits per heavy atom. The zero-order valence-electron chi connectivity index (χ0n) is 8.87. The fourth-order valence-corrected chi connectivity index (χ4v) is 3.93. The van der Waals surface area contributed by atoms with E-state index in [9.17, 15) is 13.2 Å². The second-order valence-electron chi connectivity index (χ2n) is 4.07. The Bertz CT molecular complexity index is 491. The molecule has 1 fully saturated rings. The van der Waals surface area contributed by atoms with Gasteiger partial charge in [-0.3, -0.25) is 9.78 Å². The molecule has 6 nitrogen and oxygen atoms in total. The van der Waals surface area contributed by atoms with E-state index in [-0.39, 0.29) is 22.6 Å². The largest absolute Gasteiger partial charge is 0.481 e. The van der Waals surface area contributed by atoms with Crippen LogP contribution in [0, 0.1) is 5.92 Å². The summed E-state index contributed by atoms with van der Waals surface area (Å²) in [5, 5.41) is 8.57. The quantitative estimate of drug-likeness (QED) is 0.824. The molecular formula is C9H12N2O4S2. The van der Waals surface area contributed by atoms with E-state index in [4.69, 9.17) is 5.11 Å². The van der Waals surface area contributed by atoms with E-state index in [1.807, 2.05) is 0 Å². The highest BCUT2D eigenvalue weighted by Gasteiger charge is 2.34. The minimum Gasteiger partial charge on any atom is -0.481 e. The lowest BCUT2D eigenvalue weighted by Crippen LogP contribution is -2.44. The smallest absolute Gasteiger partial charge is 0.303 e. The number of nitrogens with one attached hydrogen (secondary N) is 1. The molecule has 0 saturated heterocycles. The molecule has 0 aromatic carbocycles. The van der Waals surface area contributed by atoms with Crippen molar-refractivity contribution in [2.24, 2.45) is 5.92 Å². The lowest BCUT2D eigenvalue weighted by atomic mass is 9.79. The molecule has 1 saturated carbocycles. The highest BCUT2D eigenvalue weighted by atomic mass is 32.2. The first-order chi connectivity index (χ1) is 7.97. The van der Waals surface area contributed by atoms with Crippen LogP contribution in [-0.2, 0) is 14.8 Å². The molecule has 8 heteroatoms. The number of hydrogen-bond donors (Lipinski definition) is 2. The maximum Gasteiger partial charge on any atom is 0.303 e. The molecule has 0 atom stereocenters. The minimum absolute atomic E-state index is 0.0849. The molecule has 0 radical (unpaired) electrons. The van der Waals surface area contributed by atoms with Crippen LogP contribution in [0.25, 0.3) is 0 Å². The van der Waals surface area contributed by atoms with Crippen LogP contribution in [0.2, 0.25) is 0 Å². The molecule has 0 bridgehead atoms. The zero-order chi connectivity index (χ0) is 12.5. The van der Waals surface area contributed by atoms with Crippen LogP contribution < -0.4 is 4.72 Å². The van der Waals surface area contributed by atoms with Crippen molar-refractivity contribution in [2.45, 2.75) is 29.5 Å². The van der Waals surface area contributed by atoms with Crippen LogP contribution in [0.15, 0.2) is 15.9 Å².